The summed E-state index contributed by atoms with van der Waals surface area (Å²) < 4.78 is 7.69. The topological polar surface area (TPSA) is 39.1 Å². The highest BCUT2D eigenvalue weighted by Crippen LogP contribution is 2.29. The lowest BCUT2D eigenvalue weighted by atomic mass is 10.1. The van der Waals surface area contributed by atoms with E-state index in [0.717, 1.165) is 24.4 Å². The Morgan fingerprint density at radius 2 is 2.39 bits per heavy atom. The number of aryl methyl sites for hydroxylation is 2. The predicted octanol–water partition coefficient (Wildman–Crippen LogP) is 2.14. The second-order valence-electron chi connectivity index (χ2n) is 4.84. The Kier molecular flexibility index (Phi) is 2.70. The van der Waals surface area contributed by atoms with Gasteiger partial charge in [0.15, 0.2) is 0 Å². The maximum atomic E-state index is 5.90. The van der Waals surface area contributed by atoms with Crippen LogP contribution in [-0.4, -0.2) is 22.4 Å². The summed E-state index contributed by atoms with van der Waals surface area (Å²) in [7, 11) is 1.91. The van der Waals surface area contributed by atoms with Crippen LogP contribution in [0.5, 0.6) is 5.75 Å². The molecule has 0 amide bonds. The number of hydrogen-bond acceptors (Lipinski definition) is 3. The molecule has 2 aromatic rings. The minimum absolute atomic E-state index is 0.210. The van der Waals surface area contributed by atoms with Gasteiger partial charge in [0, 0.05) is 19.7 Å². The summed E-state index contributed by atoms with van der Waals surface area (Å²) in [6, 6.07) is 6.36. The summed E-state index contributed by atoms with van der Waals surface area (Å²) in [5, 5.41) is 7.47. The number of nitrogens with zero attached hydrogens (tertiary/aromatic N) is 2. The SMILES string of the molecule is Cc1ccc2c(c1)CC(CNc1cnn(C)c1)O2. The first-order valence-electron chi connectivity index (χ1n) is 6.19. The van der Waals surface area contributed by atoms with E-state index in [1.165, 1.54) is 11.1 Å². The van der Waals surface area contributed by atoms with Crippen molar-refractivity contribution in [2.45, 2.75) is 19.4 Å². The van der Waals surface area contributed by atoms with Crippen LogP contribution in [0, 0.1) is 6.92 Å². The normalized spacial score (nSPS) is 17.3. The largest absolute Gasteiger partial charge is 0.488 e. The van der Waals surface area contributed by atoms with Gasteiger partial charge in [-0.25, -0.2) is 0 Å². The molecule has 2 heterocycles. The minimum Gasteiger partial charge on any atom is -0.488 e. The summed E-state index contributed by atoms with van der Waals surface area (Å²) in [6.07, 6.45) is 4.98. The lowest BCUT2D eigenvalue weighted by molar-refractivity contribution is 0.246. The van der Waals surface area contributed by atoms with Crippen LogP contribution in [0.4, 0.5) is 5.69 Å². The number of ether oxygens (including phenoxy) is 1. The Bertz CT molecular complexity index is 562. The van der Waals surface area contributed by atoms with Crippen molar-refractivity contribution < 1.29 is 4.74 Å². The van der Waals surface area contributed by atoms with E-state index in [9.17, 15) is 0 Å². The zero-order valence-corrected chi connectivity index (χ0v) is 10.7. The van der Waals surface area contributed by atoms with Crippen LogP contribution in [0.1, 0.15) is 11.1 Å². The van der Waals surface area contributed by atoms with Crippen LogP contribution in [0.2, 0.25) is 0 Å². The standard InChI is InChI=1S/C14H17N3O/c1-10-3-4-14-11(5-10)6-13(18-14)8-15-12-7-16-17(2)9-12/h3-5,7,9,13,15H,6,8H2,1-2H3. The molecule has 1 aromatic heterocycles. The summed E-state index contributed by atoms with van der Waals surface area (Å²) in [6.45, 7) is 2.92. The van der Waals surface area contributed by atoms with Crippen molar-refractivity contribution in [3.8, 4) is 5.75 Å². The van der Waals surface area contributed by atoms with E-state index in [0.29, 0.717) is 0 Å². The molecule has 0 saturated heterocycles. The van der Waals surface area contributed by atoms with Crippen molar-refractivity contribution >= 4 is 5.69 Å². The van der Waals surface area contributed by atoms with Crippen molar-refractivity contribution in [3.63, 3.8) is 0 Å². The number of anilines is 1. The molecule has 0 radical (unpaired) electrons. The number of hydrogen-bond donors (Lipinski definition) is 1. The van der Waals surface area contributed by atoms with E-state index in [1.54, 1.807) is 4.68 Å². The zero-order valence-electron chi connectivity index (χ0n) is 10.7. The lowest BCUT2D eigenvalue weighted by Crippen LogP contribution is -2.23. The van der Waals surface area contributed by atoms with Gasteiger partial charge in [-0.3, -0.25) is 4.68 Å². The molecule has 1 aromatic carbocycles. The Morgan fingerprint density at radius 3 is 3.17 bits per heavy atom. The molecule has 4 nitrogen and oxygen atoms in total. The molecular formula is C14H17N3O. The second kappa shape index (κ2) is 4.37. The van der Waals surface area contributed by atoms with Gasteiger partial charge in [-0.05, 0) is 18.6 Å². The van der Waals surface area contributed by atoms with E-state index in [2.05, 4.69) is 35.5 Å². The van der Waals surface area contributed by atoms with E-state index in [-0.39, 0.29) is 6.10 Å². The van der Waals surface area contributed by atoms with Crippen molar-refractivity contribution in [2.24, 2.45) is 7.05 Å². The quantitative estimate of drug-likeness (QED) is 0.897. The lowest BCUT2D eigenvalue weighted by Gasteiger charge is -2.11. The minimum atomic E-state index is 0.210. The van der Waals surface area contributed by atoms with Gasteiger partial charge in [0.2, 0.25) is 0 Å². The molecule has 0 saturated carbocycles. The number of benzene rings is 1. The Balaban J connectivity index is 1.61. The van der Waals surface area contributed by atoms with Crippen molar-refractivity contribution in [2.75, 3.05) is 11.9 Å². The fourth-order valence-electron chi connectivity index (χ4n) is 2.31. The summed E-state index contributed by atoms with van der Waals surface area (Å²) in [5.74, 6) is 1.03. The van der Waals surface area contributed by atoms with Crippen LogP contribution in [0.15, 0.2) is 30.6 Å². The van der Waals surface area contributed by atoms with Gasteiger partial charge in [-0.15, -0.1) is 0 Å². The van der Waals surface area contributed by atoms with Gasteiger partial charge < -0.3 is 10.1 Å². The summed E-state index contributed by atoms with van der Waals surface area (Å²) >= 11 is 0. The summed E-state index contributed by atoms with van der Waals surface area (Å²) in [4.78, 5) is 0. The molecule has 1 N–H and O–H groups in total. The predicted molar refractivity (Wildman–Crippen MR) is 71.0 cm³/mol. The fraction of sp³-hybridized carbons (Fsp3) is 0.357. The smallest absolute Gasteiger partial charge is 0.123 e. The van der Waals surface area contributed by atoms with Gasteiger partial charge in [0.1, 0.15) is 11.9 Å². The van der Waals surface area contributed by atoms with Gasteiger partial charge in [-0.2, -0.15) is 5.10 Å². The van der Waals surface area contributed by atoms with E-state index in [4.69, 9.17) is 4.74 Å². The number of aromatic nitrogens is 2. The van der Waals surface area contributed by atoms with Crippen molar-refractivity contribution in [3.05, 3.63) is 41.7 Å². The molecule has 1 aliphatic rings. The maximum Gasteiger partial charge on any atom is 0.123 e. The monoisotopic (exact) mass is 243 g/mol. The molecule has 3 rings (SSSR count). The van der Waals surface area contributed by atoms with Gasteiger partial charge in [-0.1, -0.05) is 17.7 Å². The first-order valence-corrected chi connectivity index (χ1v) is 6.19. The van der Waals surface area contributed by atoms with Crippen LogP contribution in [0.25, 0.3) is 0 Å². The van der Waals surface area contributed by atoms with Gasteiger partial charge in [0.25, 0.3) is 0 Å². The molecule has 4 heteroatoms. The van der Waals surface area contributed by atoms with Crippen LogP contribution >= 0.6 is 0 Å². The highest BCUT2D eigenvalue weighted by molar-refractivity contribution is 5.42. The second-order valence-corrected chi connectivity index (χ2v) is 4.84. The Morgan fingerprint density at radius 1 is 1.50 bits per heavy atom. The van der Waals surface area contributed by atoms with E-state index in [1.807, 2.05) is 19.4 Å². The molecule has 94 valence electrons. The molecule has 1 atom stereocenters. The highest BCUT2D eigenvalue weighted by atomic mass is 16.5. The summed E-state index contributed by atoms with van der Waals surface area (Å²) in [5.41, 5.74) is 3.64. The van der Waals surface area contributed by atoms with Gasteiger partial charge in [0.05, 0.1) is 18.4 Å². The number of nitrogens with one attached hydrogen (secondary N) is 1. The van der Waals surface area contributed by atoms with E-state index >= 15 is 0 Å². The molecule has 0 fully saturated rings. The molecule has 0 bridgehead atoms. The first kappa shape index (κ1) is 11.1. The average Bonchev–Trinajstić information content (AvgIpc) is 2.92. The molecule has 0 aliphatic carbocycles. The van der Waals surface area contributed by atoms with Crippen LogP contribution < -0.4 is 10.1 Å². The van der Waals surface area contributed by atoms with Crippen molar-refractivity contribution in [1.29, 1.82) is 0 Å². The van der Waals surface area contributed by atoms with Crippen LogP contribution in [-0.2, 0) is 13.5 Å². The van der Waals surface area contributed by atoms with Crippen LogP contribution in [0.3, 0.4) is 0 Å². The van der Waals surface area contributed by atoms with E-state index < -0.39 is 0 Å². The van der Waals surface area contributed by atoms with Gasteiger partial charge >= 0.3 is 0 Å². The number of fused-ring (bicyclic) bond motifs is 1. The Labute approximate surface area is 107 Å². The highest BCUT2D eigenvalue weighted by Gasteiger charge is 2.22. The first-order chi connectivity index (χ1) is 8.70. The average molecular weight is 243 g/mol. The zero-order chi connectivity index (χ0) is 12.5. The third-order valence-corrected chi connectivity index (χ3v) is 3.20. The molecule has 18 heavy (non-hydrogen) atoms. The number of rotatable bonds is 3. The van der Waals surface area contributed by atoms with Crippen molar-refractivity contribution in [1.82, 2.24) is 9.78 Å². The molecule has 1 aliphatic heterocycles. The third kappa shape index (κ3) is 2.18. The molecular weight excluding hydrogens is 226 g/mol. The fourth-order valence-corrected chi connectivity index (χ4v) is 2.31. The molecule has 0 spiro atoms. The third-order valence-electron chi connectivity index (χ3n) is 3.20. The maximum absolute atomic E-state index is 5.90. The molecule has 1 unspecified atom stereocenters. The Hall–Kier alpha value is -1.97.